The van der Waals surface area contributed by atoms with Crippen molar-refractivity contribution in [2.24, 2.45) is 11.7 Å². The highest BCUT2D eigenvalue weighted by molar-refractivity contribution is 7.90. The van der Waals surface area contributed by atoms with Gasteiger partial charge in [0.25, 0.3) is 0 Å². The average Bonchev–Trinajstić information content (AvgIpc) is 2.17. The summed E-state index contributed by atoms with van der Waals surface area (Å²) in [5.41, 5.74) is 0.150. The molecule has 16 heavy (non-hydrogen) atoms. The number of alkyl halides is 3. The number of nitrogens with zero attached hydrogens (tertiary/aromatic N) is 1. The van der Waals surface area contributed by atoms with Gasteiger partial charge in [0.05, 0.1) is 0 Å². The molecule has 0 spiro atoms. The van der Waals surface area contributed by atoms with Crippen LogP contribution in [0.15, 0.2) is 0 Å². The fourth-order valence-electron chi connectivity index (χ4n) is 1.82. The third-order valence-corrected chi connectivity index (χ3v) is 4.41. The molecule has 0 radical (unpaired) electrons. The van der Waals surface area contributed by atoms with E-state index in [0.29, 0.717) is 23.7 Å². The van der Waals surface area contributed by atoms with Crippen LogP contribution < -0.4 is 5.73 Å². The lowest BCUT2D eigenvalue weighted by atomic mass is 9.95. The first kappa shape index (κ1) is 13.7. The van der Waals surface area contributed by atoms with Gasteiger partial charge in [0, 0.05) is 13.1 Å². The maximum atomic E-state index is 12.2. The summed E-state index contributed by atoms with van der Waals surface area (Å²) in [7, 11) is -5.14. The number of nitrogens with two attached hydrogens (primary N) is 1. The molecule has 0 amide bonds. The predicted molar refractivity (Wildman–Crippen MR) is 52.9 cm³/mol. The minimum absolute atomic E-state index is 0.0630. The van der Waals surface area contributed by atoms with Crippen LogP contribution in [0.2, 0.25) is 0 Å². The number of hydrogen-bond donors (Lipinski definition) is 1. The van der Waals surface area contributed by atoms with Crippen molar-refractivity contribution in [3.05, 3.63) is 0 Å². The van der Waals surface area contributed by atoms with Gasteiger partial charge >= 0.3 is 15.5 Å². The molecule has 1 rings (SSSR count). The summed E-state index contributed by atoms with van der Waals surface area (Å²) in [6.45, 7) is 0.357. The molecule has 2 N–H and O–H groups in total. The van der Waals surface area contributed by atoms with E-state index in [-0.39, 0.29) is 19.0 Å². The van der Waals surface area contributed by atoms with E-state index in [1.165, 1.54) is 0 Å². The van der Waals surface area contributed by atoms with Gasteiger partial charge in [-0.15, -0.1) is 0 Å². The number of rotatable bonds is 3. The maximum Gasteiger partial charge on any atom is 0.511 e. The molecular weight excluding hydrogens is 245 g/mol. The molecule has 1 aliphatic rings. The summed E-state index contributed by atoms with van der Waals surface area (Å²) in [5, 5.41) is 0. The highest BCUT2D eigenvalue weighted by atomic mass is 32.2. The maximum absolute atomic E-state index is 12.2. The van der Waals surface area contributed by atoms with E-state index in [1.54, 1.807) is 0 Å². The van der Waals surface area contributed by atoms with Crippen molar-refractivity contribution < 1.29 is 21.6 Å². The first-order chi connectivity index (χ1) is 7.29. The van der Waals surface area contributed by atoms with Crippen LogP contribution in [0.4, 0.5) is 13.2 Å². The van der Waals surface area contributed by atoms with Gasteiger partial charge in [0.15, 0.2) is 0 Å². The predicted octanol–water partition coefficient (Wildman–Crippen LogP) is 0.897. The molecule has 1 heterocycles. The molecule has 0 aromatic heterocycles. The average molecular weight is 260 g/mol. The molecule has 1 fully saturated rings. The zero-order valence-electron chi connectivity index (χ0n) is 8.70. The summed E-state index contributed by atoms with van der Waals surface area (Å²) < 4.78 is 59.3. The van der Waals surface area contributed by atoms with Gasteiger partial charge in [-0.25, -0.2) is 8.42 Å². The third kappa shape index (κ3) is 2.86. The number of halogens is 3. The molecule has 1 aliphatic heterocycles. The Hall–Kier alpha value is -0.340. The topological polar surface area (TPSA) is 63.4 Å². The van der Waals surface area contributed by atoms with E-state index >= 15 is 0 Å². The van der Waals surface area contributed by atoms with Crippen molar-refractivity contribution in [3.63, 3.8) is 0 Å². The summed E-state index contributed by atoms with van der Waals surface area (Å²) in [6.07, 6.45) is 1.64. The molecule has 0 bridgehead atoms. The van der Waals surface area contributed by atoms with Gasteiger partial charge < -0.3 is 5.73 Å². The van der Waals surface area contributed by atoms with Gasteiger partial charge in [-0.1, -0.05) is 0 Å². The van der Waals surface area contributed by atoms with E-state index in [2.05, 4.69) is 0 Å². The molecule has 0 atom stereocenters. The Bertz CT molecular complexity index is 321. The lowest BCUT2D eigenvalue weighted by Crippen LogP contribution is -2.45. The summed E-state index contributed by atoms with van der Waals surface area (Å²) >= 11 is 0. The first-order valence-electron chi connectivity index (χ1n) is 5.05. The molecular formula is C8H15F3N2O2S. The molecule has 0 aliphatic carbocycles. The van der Waals surface area contributed by atoms with Crippen molar-refractivity contribution in [2.45, 2.75) is 24.8 Å². The van der Waals surface area contributed by atoms with Crippen LogP contribution in [0.25, 0.3) is 0 Å². The lowest BCUT2D eigenvalue weighted by molar-refractivity contribution is -0.0497. The molecule has 96 valence electrons. The van der Waals surface area contributed by atoms with Crippen LogP contribution in [0.3, 0.4) is 0 Å². The van der Waals surface area contributed by atoms with Crippen LogP contribution in [0.1, 0.15) is 19.3 Å². The molecule has 0 saturated carbocycles. The lowest BCUT2D eigenvalue weighted by Gasteiger charge is -2.31. The second kappa shape index (κ2) is 4.89. The summed E-state index contributed by atoms with van der Waals surface area (Å²) in [5.74, 6) is 0.240. The standard InChI is InChI=1S/C8H15F3N2O2S/c9-8(10,11)16(14,15)13-5-2-7(1-4-12)3-6-13/h7H,1-6,12H2. The van der Waals surface area contributed by atoms with E-state index in [4.69, 9.17) is 5.73 Å². The second-order valence-corrected chi connectivity index (χ2v) is 5.80. The number of sulfonamides is 1. The van der Waals surface area contributed by atoms with Gasteiger partial charge in [-0.3, -0.25) is 0 Å². The Balaban J connectivity index is 2.61. The van der Waals surface area contributed by atoms with Crippen LogP contribution in [-0.2, 0) is 10.0 Å². The largest absolute Gasteiger partial charge is 0.511 e. The number of hydrogen-bond acceptors (Lipinski definition) is 3. The van der Waals surface area contributed by atoms with Gasteiger partial charge in [0.2, 0.25) is 0 Å². The minimum Gasteiger partial charge on any atom is -0.330 e. The highest BCUT2D eigenvalue weighted by Gasteiger charge is 2.50. The molecule has 0 aromatic rings. The van der Waals surface area contributed by atoms with Crippen molar-refractivity contribution >= 4 is 10.0 Å². The quantitative estimate of drug-likeness (QED) is 0.820. The molecule has 0 aromatic carbocycles. The zero-order chi connectivity index (χ0) is 12.4. The fraction of sp³-hybridized carbons (Fsp3) is 1.00. The number of piperidine rings is 1. The molecule has 1 saturated heterocycles. The van der Waals surface area contributed by atoms with E-state index in [0.717, 1.165) is 6.42 Å². The summed E-state index contributed by atoms with van der Waals surface area (Å²) in [6, 6.07) is 0. The normalized spacial score (nSPS) is 21.2. The van der Waals surface area contributed by atoms with E-state index in [1.807, 2.05) is 0 Å². The monoisotopic (exact) mass is 260 g/mol. The van der Waals surface area contributed by atoms with E-state index in [9.17, 15) is 21.6 Å². The zero-order valence-corrected chi connectivity index (χ0v) is 9.52. The van der Waals surface area contributed by atoms with Crippen molar-refractivity contribution in [1.29, 1.82) is 0 Å². The first-order valence-corrected chi connectivity index (χ1v) is 6.49. The van der Waals surface area contributed by atoms with Crippen LogP contribution in [0, 0.1) is 5.92 Å². The summed E-state index contributed by atoms with van der Waals surface area (Å²) in [4.78, 5) is 0. The smallest absolute Gasteiger partial charge is 0.330 e. The molecule has 4 nitrogen and oxygen atoms in total. The van der Waals surface area contributed by atoms with Crippen molar-refractivity contribution in [3.8, 4) is 0 Å². The SMILES string of the molecule is NCCC1CCN(S(=O)(=O)C(F)(F)F)CC1. The Labute approximate surface area is 92.6 Å². The Morgan fingerprint density at radius 1 is 1.25 bits per heavy atom. The Morgan fingerprint density at radius 3 is 2.12 bits per heavy atom. The Kier molecular flexibility index (Phi) is 4.19. The van der Waals surface area contributed by atoms with Crippen molar-refractivity contribution in [1.82, 2.24) is 4.31 Å². The van der Waals surface area contributed by atoms with Crippen LogP contribution in [-0.4, -0.2) is 37.9 Å². The third-order valence-electron chi connectivity index (χ3n) is 2.78. The van der Waals surface area contributed by atoms with E-state index < -0.39 is 15.5 Å². The fourth-order valence-corrected chi connectivity index (χ4v) is 2.80. The Morgan fingerprint density at radius 2 is 1.75 bits per heavy atom. The minimum atomic E-state index is -5.19. The van der Waals surface area contributed by atoms with Gasteiger partial charge in [-0.2, -0.15) is 17.5 Å². The van der Waals surface area contributed by atoms with Gasteiger partial charge in [0.1, 0.15) is 0 Å². The second-order valence-electron chi connectivity index (χ2n) is 3.87. The molecule has 8 heteroatoms. The highest BCUT2D eigenvalue weighted by Crippen LogP contribution is 2.30. The molecule has 0 unspecified atom stereocenters. The van der Waals surface area contributed by atoms with Crippen molar-refractivity contribution in [2.75, 3.05) is 19.6 Å². The van der Waals surface area contributed by atoms with Gasteiger partial charge in [-0.05, 0) is 31.7 Å². The van der Waals surface area contributed by atoms with Crippen LogP contribution in [0.5, 0.6) is 0 Å². The van der Waals surface area contributed by atoms with Crippen LogP contribution >= 0.6 is 0 Å².